The molecule has 8 nitrogen and oxygen atoms in total. The van der Waals surface area contributed by atoms with Crippen LogP contribution in [0.1, 0.15) is 34.3 Å². The van der Waals surface area contributed by atoms with Gasteiger partial charge in [0, 0.05) is 12.7 Å². The van der Waals surface area contributed by atoms with Crippen molar-refractivity contribution in [3.63, 3.8) is 0 Å². The van der Waals surface area contributed by atoms with Gasteiger partial charge >= 0.3 is 5.97 Å². The van der Waals surface area contributed by atoms with Crippen LogP contribution < -0.4 is 5.32 Å². The van der Waals surface area contributed by atoms with Crippen LogP contribution in [-0.2, 0) is 20.7 Å². The van der Waals surface area contributed by atoms with E-state index >= 15 is 0 Å². The second-order valence-corrected chi connectivity index (χ2v) is 6.08. The highest BCUT2D eigenvalue weighted by atomic mass is 16.5. The highest BCUT2D eigenvalue weighted by Crippen LogP contribution is 2.15. The molecule has 0 saturated heterocycles. The predicted octanol–water partition coefficient (Wildman–Crippen LogP) is 2.11. The zero-order valence-corrected chi connectivity index (χ0v) is 15.9. The molecule has 0 atom stereocenters. The monoisotopic (exact) mass is 373 g/mol. The fourth-order valence-corrected chi connectivity index (χ4v) is 2.53. The summed E-state index contributed by atoms with van der Waals surface area (Å²) < 4.78 is 9.91. The summed E-state index contributed by atoms with van der Waals surface area (Å²) in [6.07, 6.45) is 0.781. The first-order valence-corrected chi connectivity index (χ1v) is 8.55. The number of anilines is 1. The van der Waals surface area contributed by atoms with Crippen molar-refractivity contribution >= 4 is 23.5 Å². The molecule has 2 aromatic rings. The summed E-state index contributed by atoms with van der Waals surface area (Å²) in [6.45, 7) is 4.56. The molecule has 0 aliphatic carbocycles. The number of esters is 1. The average molecular weight is 373 g/mol. The summed E-state index contributed by atoms with van der Waals surface area (Å²) in [6, 6.07) is 7.47. The smallest absolute Gasteiger partial charge is 0.344 e. The van der Waals surface area contributed by atoms with E-state index in [-0.39, 0.29) is 18.0 Å². The first-order chi connectivity index (χ1) is 12.8. The molecular weight excluding hydrogens is 350 g/mol. The van der Waals surface area contributed by atoms with Gasteiger partial charge in [-0.05, 0) is 31.9 Å². The molecule has 0 fully saturated rings. The Kier molecular flexibility index (Phi) is 6.70. The Balaban J connectivity index is 1.86. The molecule has 0 aliphatic heterocycles. The highest BCUT2D eigenvalue weighted by molar-refractivity contribution is 5.96. The number of hydrogen-bond donors (Lipinski definition) is 1. The molecule has 1 N–H and O–H groups in total. The van der Waals surface area contributed by atoms with Crippen molar-refractivity contribution in [1.29, 1.82) is 0 Å². The molecule has 1 aromatic heterocycles. The number of carbonyl (C=O) groups excluding carboxylic acids is 3. The van der Waals surface area contributed by atoms with Gasteiger partial charge in [0.15, 0.2) is 6.61 Å². The van der Waals surface area contributed by atoms with Gasteiger partial charge in [-0.1, -0.05) is 30.3 Å². The van der Waals surface area contributed by atoms with E-state index in [1.54, 1.807) is 13.8 Å². The fraction of sp³-hybridized carbons (Fsp3) is 0.368. The third-order valence-corrected chi connectivity index (χ3v) is 4.04. The van der Waals surface area contributed by atoms with Crippen molar-refractivity contribution in [2.24, 2.45) is 0 Å². The number of rotatable bonds is 7. The fourth-order valence-electron chi connectivity index (χ4n) is 2.53. The standard InChI is InChI=1S/C19H23N3O5/c1-5-14-8-6-7-9-15(14)20-16(23)10-22(4)17(24)11-26-19(25)18-12(2)21-27-13(18)3/h6-9H,5,10-11H2,1-4H3,(H,20,23). The number of para-hydroxylation sites is 1. The zero-order chi connectivity index (χ0) is 20.0. The largest absolute Gasteiger partial charge is 0.452 e. The molecule has 0 unspecified atom stereocenters. The molecule has 0 aliphatic rings. The van der Waals surface area contributed by atoms with Crippen LogP contribution in [0.4, 0.5) is 5.69 Å². The summed E-state index contributed by atoms with van der Waals surface area (Å²) >= 11 is 0. The van der Waals surface area contributed by atoms with Crippen LogP contribution in [0.2, 0.25) is 0 Å². The first-order valence-electron chi connectivity index (χ1n) is 8.55. The van der Waals surface area contributed by atoms with Gasteiger partial charge in [0.2, 0.25) is 5.91 Å². The van der Waals surface area contributed by atoms with E-state index in [0.29, 0.717) is 11.5 Å². The van der Waals surface area contributed by atoms with Crippen molar-refractivity contribution in [2.75, 3.05) is 25.5 Å². The molecular formula is C19H23N3O5. The average Bonchev–Trinajstić information content (AvgIpc) is 2.98. The van der Waals surface area contributed by atoms with Gasteiger partial charge < -0.3 is 19.5 Å². The Hall–Kier alpha value is -3.16. The van der Waals surface area contributed by atoms with Gasteiger partial charge in [-0.3, -0.25) is 9.59 Å². The number of likely N-dealkylation sites (N-methyl/N-ethyl adjacent to an activating group) is 1. The van der Waals surface area contributed by atoms with Crippen molar-refractivity contribution in [1.82, 2.24) is 10.1 Å². The maximum absolute atomic E-state index is 12.2. The lowest BCUT2D eigenvalue weighted by molar-refractivity contribution is -0.136. The summed E-state index contributed by atoms with van der Waals surface area (Å²) in [5.41, 5.74) is 2.33. The van der Waals surface area contributed by atoms with Gasteiger partial charge in [0.25, 0.3) is 5.91 Å². The minimum atomic E-state index is -0.686. The van der Waals surface area contributed by atoms with E-state index in [9.17, 15) is 14.4 Å². The molecule has 0 radical (unpaired) electrons. The van der Waals surface area contributed by atoms with E-state index in [2.05, 4.69) is 10.5 Å². The highest BCUT2D eigenvalue weighted by Gasteiger charge is 2.21. The second-order valence-electron chi connectivity index (χ2n) is 6.08. The maximum atomic E-state index is 12.2. The van der Waals surface area contributed by atoms with Crippen LogP contribution >= 0.6 is 0 Å². The topological polar surface area (TPSA) is 102 Å². The number of ether oxygens (including phenoxy) is 1. The quantitative estimate of drug-likeness (QED) is 0.746. The summed E-state index contributed by atoms with van der Waals surface area (Å²) in [7, 11) is 1.47. The second kappa shape index (κ2) is 8.98. The lowest BCUT2D eigenvalue weighted by Gasteiger charge is -2.17. The molecule has 8 heteroatoms. The number of carbonyl (C=O) groups is 3. The Morgan fingerprint density at radius 2 is 1.93 bits per heavy atom. The lowest BCUT2D eigenvalue weighted by Crippen LogP contribution is -2.37. The van der Waals surface area contributed by atoms with E-state index in [1.165, 1.54) is 11.9 Å². The molecule has 1 aromatic carbocycles. The molecule has 2 rings (SSSR count). The minimum absolute atomic E-state index is 0.153. The lowest BCUT2D eigenvalue weighted by atomic mass is 10.1. The number of aryl methyl sites for hydroxylation is 3. The van der Waals surface area contributed by atoms with Crippen LogP contribution in [0, 0.1) is 13.8 Å². The molecule has 2 amide bonds. The Morgan fingerprint density at radius 3 is 2.56 bits per heavy atom. The van der Waals surface area contributed by atoms with Crippen LogP contribution in [-0.4, -0.2) is 48.0 Å². The van der Waals surface area contributed by atoms with Crippen molar-refractivity contribution in [3.8, 4) is 0 Å². The number of hydrogen-bond acceptors (Lipinski definition) is 6. The maximum Gasteiger partial charge on any atom is 0.344 e. The van der Waals surface area contributed by atoms with Gasteiger partial charge in [-0.15, -0.1) is 0 Å². The zero-order valence-electron chi connectivity index (χ0n) is 15.9. The third-order valence-electron chi connectivity index (χ3n) is 4.04. The van der Waals surface area contributed by atoms with Crippen LogP contribution in [0.5, 0.6) is 0 Å². The SMILES string of the molecule is CCc1ccccc1NC(=O)CN(C)C(=O)COC(=O)c1c(C)noc1C. The Morgan fingerprint density at radius 1 is 1.22 bits per heavy atom. The first kappa shape index (κ1) is 20.2. The number of benzene rings is 1. The molecule has 144 valence electrons. The summed E-state index contributed by atoms with van der Waals surface area (Å²) in [5.74, 6) is -1.18. The van der Waals surface area contributed by atoms with Crippen LogP contribution in [0.15, 0.2) is 28.8 Å². The van der Waals surface area contributed by atoms with Crippen molar-refractivity contribution in [2.45, 2.75) is 27.2 Å². The van der Waals surface area contributed by atoms with Crippen molar-refractivity contribution < 1.29 is 23.6 Å². The number of nitrogens with one attached hydrogen (secondary N) is 1. The number of nitrogens with zero attached hydrogens (tertiary/aromatic N) is 2. The molecule has 0 bridgehead atoms. The summed E-state index contributed by atoms with van der Waals surface area (Å²) in [4.78, 5) is 37.5. The van der Waals surface area contributed by atoms with Crippen LogP contribution in [0.3, 0.4) is 0 Å². The van der Waals surface area contributed by atoms with E-state index in [4.69, 9.17) is 9.26 Å². The van der Waals surface area contributed by atoms with Crippen LogP contribution in [0.25, 0.3) is 0 Å². The normalized spacial score (nSPS) is 10.4. The van der Waals surface area contributed by atoms with Gasteiger partial charge in [-0.25, -0.2) is 4.79 Å². The van der Waals surface area contributed by atoms with E-state index < -0.39 is 18.5 Å². The van der Waals surface area contributed by atoms with E-state index in [1.807, 2.05) is 31.2 Å². The van der Waals surface area contributed by atoms with E-state index in [0.717, 1.165) is 17.7 Å². The minimum Gasteiger partial charge on any atom is -0.452 e. The number of aromatic nitrogens is 1. The molecule has 1 heterocycles. The molecule has 27 heavy (non-hydrogen) atoms. The number of amides is 2. The summed E-state index contributed by atoms with van der Waals surface area (Å²) in [5, 5.41) is 6.46. The van der Waals surface area contributed by atoms with Gasteiger partial charge in [0.05, 0.1) is 12.2 Å². The molecule has 0 spiro atoms. The Labute approximate surface area is 157 Å². The predicted molar refractivity (Wildman–Crippen MR) is 98.3 cm³/mol. The van der Waals surface area contributed by atoms with Gasteiger partial charge in [0.1, 0.15) is 11.3 Å². The third kappa shape index (κ3) is 5.16. The van der Waals surface area contributed by atoms with Gasteiger partial charge in [-0.2, -0.15) is 0 Å². The Bertz CT molecular complexity index is 824. The van der Waals surface area contributed by atoms with Crippen molar-refractivity contribution in [3.05, 3.63) is 46.8 Å². The molecule has 0 saturated carbocycles.